The quantitative estimate of drug-likeness (QED) is 0.135. The summed E-state index contributed by atoms with van der Waals surface area (Å²) in [5, 5.41) is 41.9. The van der Waals surface area contributed by atoms with Crippen molar-refractivity contribution in [2.75, 3.05) is 25.6 Å². The predicted molar refractivity (Wildman–Crippen MR) is 149 cm³/mol. The second-order valence-electron chi connectivity index (χ2n) is 9.42. The van der Waals surface area contributed by atoms with Gasteiger partial charge in [-0.1, -0.05) is 30.9 Å². The largest absolute Gasteiger partial charge is 0.508 e. The Morgan fingerprint density at radius 1 is 0.900 bits per heavy atom. The highest BCUT2D eigenvalue weighted by atomic mass is 16.5. The molecule has 40 heavy (non-hydrogen) atoms. The van der Waals surface area contributed by atoms with Crippen LogP contribution in [0.2, 0.25) is 0 Å². The second-order valence-corrected chi connectivity index (χ2v) is 9.42. The molecule has 7 N–H and O–H groups in total. The Hall–Kier alpha value is -4.80. The normalized spacial score (nSPS) is 12.1. The number of aliphatic hydroxyl groups is 3. The Morgan fingerprint density at radius 2 is 1.43 bits per heavy atom. The van der Waals surface area contributed by atoms with Gasteiger partial charge in [0.1, 0.15) is 18.5 Å². The number of ether oxygens (including phenoxy) is 1. The van der Waals surface area contributed by atoms with Crippen molar-refractivity contribution in [3.8, 4) is 29.4 Å². The van der Waals surface area contributed by atoms with Crippen LogP contribution >= 0.6 is 0 Å². The van der Waals surface area contributed by atoms with Gasteiger partial charge in [0.05, 0.1) is 13.2 Å². The van der Waals surface area contributed by atoms with Gasteiger partial charge in [-0.2, -0.15) is 0 Å². The molecule has 0 aliphatic rings. The van der Waals surface area contributed by atoms with Crippen LogP contribution < -0.4 is 11.1 Å². The molecule has 0 unspecified atom stereocenters. The Labute approximate surface area is 232 Å². The highest BCUT2D eigenvalue weighted by Crippen LogP contribution is 2.22. The monoisotopic (exact) mass is 542 g/mol. The zero-order valence-electron chi connectivity index (χ0n) is 21.8. The molecule has 0 radical (unpaired) electrons. The third-order valence-electron chi connectivity index (χ3n) is 5.95. The summed E-state index contributed by atoms with van der Waals surface area (Å²) in [6.07, 6.45) is -1.52. The third kappa shape index (κ3) is 8.35. The van der Waals surface area contributed by atoms with Gasteiger partial charge in [-0.25, -0.2) is 4.79 Å². The molecule has 0 saturated carbocycles. The van der Waals surface area contributed by atoms with Crippen molar-refractivity contribution in [2.45, 2.75) is 19.1 Å². The summed E-state index contributed by atoms with van der Waals surface area (Å²) in [7, 11) is 0. The first kappa shape index (κ1) is 29.8. The number of carbonyl (C=O) groups excluding carboxylic acids is 2. The average molecular weight is 543 g/mol. The molecule has 0 bridgehead atoms. The van der Waals surface area contributed by atoms with E-state index in [0.29, 0.717) is 11.3 Å². The molecule has 3 rings (SSSR count). The van der Waals surface area contributed by atoms with Crippen molar-refractivity contribution in [1.82, 2.24) is 5.32 Å². The summed E-state index contributed by atoms with van der Waals surface area (Å²) in [4.78, 5) is 25.9. The van der Waals surface area contributed by atoms with Crippen molar-refractivity contribution in [3.05, 3.63) is 95.1 Å². The van der Waals surface area contributed by atoms with E-state index in [1.807, 2.05) is 0 Å². The van der Waals surface area contributed by atoms with Gasteiger partial charge in [0.15, 0.2) is 6.04 Å². The van der Waals surface area contributed by atoms with E-state index in [1.165, 1.54) is 43.3 Å². The number of phenols is 1. The van der Waals surface area contributed by atoms with Crippen LogP contribution in [0.4, 0.5) is 5.69 Å². The van der Waals surface area contributed by atoms with Gasteiger partial charge >= 0.3 is 5.97 Å². The van der Waals surface area contributed by atoms with Crippen LogP contribution in [-0.2, 0) is 9.53 Å². The number of phenolic OH excluding ortho intramolecular Hbond substituents is 1. The minimum Gasteiger partial charge on any atom is -0.508 e. The van der Waals surface area contributed by atoms with Crippen molar-refractivity contribution in [2.24, 2.45) is 5.41 Å². The fourth-order valence-corrected chi connectivity index (χ4v) is 3.31. The van der Waals surface area contributed by atoms with Crippen LogP contribution in [0.15, 0.2) is 72.8 Å². The van der Waals surface area contributed by atoms with Crippen LogP contribution in [0.3, 0.4) is 0 Å². The Bertz CT molecular complexity index is 1420. The number of anilines is 1. The number of esters is 1. The number of nitrogens with one attached hydrogen (secondary N) is 1. The zero-order valence-corrected chi connectivity index (χ0v) is 21.8. The molecule has 2 atom stereocenters. The molecular formula is C31H30N2O7. The molecule has 0 aromatic heterocycles. The number of benzene rings is 3. The molecule has 1 amide bonds. The molecular weight excluding hydrogens is 512 g/mol. The lowest BCUT2D eigenvalue weighted by Gasteiger charge is -2.27. The number of carbonyl (C=O) groups is 2. The van der Waals surface area contributed by atoms with Crippen LogP contribution in [0, 0.1) is 29.1 Å². The summed E-state index contributed by atoms with van der Waals surface area (Å²) in [6, 6.07) is 17.3. The van der Waals surface area contributed by atoms with Gasteiger partial charge < -0.3 is 36.2 Å². The molecule has 0 aliphatic carbocycles. The first-order valence-corrected chi connectivity index (χ1v) is 12.3. The van der Waals surface area contributed by atoms with Gasteiger partial charge in [-0.15, -0.1) is 0 Å². The van der Waals surface area contributed by atoms with Gasteiger partial charge in [-0.3, -0.25) is 4.79 Å². The summed E-state index contributed by atoms with van der Waals surface area (Å²) in [5.74, 6) is 9.61. The second kappa shape index (κ2) is 13.8. The molecule has 0 fully saturated rings. The average Bonchev–Trinajstić information content (AvgIpc) is 2.98. The van der Waals surface area contributed by atoms with Crippen LogP contribution in [0.1, 0.15) is 40.1 Å². The lowest BCUT2D eigenvalue weighted by molar-refractivity contribution is -0.154. The van der Waals surface area contributed by atoms with Gasteiger partial charge in [0.2, 0.25) is 0 Å². The summed E-state index contributed by atoms with van der Waals surface area (Å²) >= 11 is 0. The maximum absolute atomic E-state index is 13.0. The van der Waals surface area contributed by atoms with E-state index in [2.05, 4.69) is 29.0 Å². The number of aromatic hydroxyl groups is 1. The first-order chi connectivity index (χ1) is 19.1. The number of aliphatic hydroxyl groups excluding tert-OH is 3. The minimum atomic E-state index is -1.53. The highest BCUT2D eigenvalue weighted by Gasteiger charge is 2.34. The molecule has 206 valence electrons. The van der Waals surface area contributed by atoms with Gasteiger partial charge in [-0.05, 0) is 78.1 Å². The third-order valence-corrected chi connectivity index (χ3v) is 5.95. The van der Waals surface area contributed by atoms with E-state index in [9.17, 15) is 30.0 Å². The fraction of sp³-hybridized carbons (Fsp3) is 0.226. The summed E-state index contributed by atoms with van der Waals surface area (Å²) in [6.45, 7) is 0.271. The summed E-state index contributed by atoms with van der Waals surface area (Å²) in [5.41, 5.74) is 7.02. The minimum absolute atomic E-state index is 0.0415. The van der Waals surface area contributed by atoms with Crippen LogP contribution in [0.25, 0.3) is 0 Å². The SMILES string of the molecule is CC(CO)(CO)COC(=O)[C@@H](NC(=O)c1ccc(C#CC#Cc2ccc(N)cc2)cc1)[C@H](O)c1ccc(O)cc1. The van der Waals surface area contributed by atoms with Crippen molar-refractivity contribution >= 4 is 17.6 Å². The summed E-state index contributed by atoms with van der Waals surface area (Å²) < 4.78 is 5.25. The molecule has 0 saturated heterocycles. The molecule has 0 aliphatic heterocycles. The number of amides is 1. The van der Waals surface area contributed by atoms with E-state index in [1.54, 1.807) is 36.4 Å². The van der Waals surface area contributed by atoms with Crippen molar-refractivity contribution in [3.63, 3.8) is 0 Å². The van der Waals surface area contributed by atoms with Gasteiger partial charge in [0, 0.05) is 27.8 Å². The molecule has 9 heteroatoms. The van der Waals surface area contributed by atoms with Crippen molar-refractivity contribution < 1.29 is 34.8 Å². The number of rotatable bonds is 9. The van der Waals surface area contributed by atoms with E-state index < -0.39 is 42.7 Å². The molecule has 0 spiro atoms. The standard InChI is InChI=1S/C31H30N2O7/c1-31(18-34,19-35)20-40-30(39)27(28(37)23-12-16-26(36)17-13-23)33-29(38)24-10-6-21(7-11-24)4-2-3-5-22-8-14-25(32)15-9-22/h6-17,27-28,34-37H,18-20,32H2,1H3,(H,33,38)/t27-,28+/m0/s1. The smallest absolute Gasteiger partial charge is 0.331 e. The predicted octanol–water partition coefficient (Wildman–Crippen LogP) is 1.74. The van der Waals surface area contributed by atoms with E-state index >= 15 is 0 Å². The Balaban J connectivity index is 1.73. The van der Waals surface area contributed by atoms with E-state index in [0.717, 1.165) is 5.56 Å². The van der Waals surface area contributed by atoms with Crippen LogP contribution in [0.5, 0.6) is 5.75 Å². The molecule has 3 aromatic carbocycles. The fourth-order valence-electron chi connectivity index (χ4n) is 3.31. The molecule has 0 heterocycles. The topological polar surface area (TPSA) is 162 Å². The maximum atomic E-state index is 13.0. The maximum Gasteiger partial charge on any atom is 0.331 e. The molecule has 3 aromatic rings. The van der Waals surface area contributed by atoms with Crippen molar-refractivity contribution in [1.29, 1.82) is 0 Å². The zero-order chi connectivity index (χ0) is 29.1. The Morgan fingerprint density at radius 3 is 1.95 bits per heavy atom. The number of hydrogen-bond donors (Lipinski definition) is 6. The first-order valence-electron chi connectivity index (χ1n) is 12.3. The van der Waals surface area contributed by atoms with E-state index in [-0.39, 0.29) is 23.5 Å². The van der Waals surface area contributed by atoms with Crippen LogP contribution in [-0.4, -0.2) is 58.2 Å². The number of nitrogens with two attached hydrogens (primary N) is 1. The number of nitrogen functional groups attached to an aromatic ring is 1. The highest BCUT2D eigenvalue weighted by molar-refractivity contribution is 5.97. The lowest BCUT2D eigenvalue weighted by Crippen LogP contribution is -2.47. The van der Waals surface area contributed by atoms with E-state index in [4.69, 9.17) is 10.5 Å². The van der Waals surface area contributed by atoms with Gasteiger partial charge in [0.25, 0.3) is 5.91 Å². The number of hydrogen-bond acceptors (Lipinski definition) is 8. The lowest BCUT2D eigenvalue weighted by atomic mass is 9.94. The Kier molecular flexibility index (Phi) is 10.3. The molecule has 9 nitrogen and oxygen atoms in total.